The van der Waals surface area contributed by atoms with Gasteiger partial charge in [0, 0.05) is 24.8 Å². The summed E-state index contributed by atoms with van der Waals surface area (Å²) in [5, 5.41) is 21.6. The molecule has 0 bridgehead atoms. The first-order valence-corrected chi connectivity index (χ1v) is 6.28. The molecular formula is C13H18N2O3. The molecule has 18 heavy (non-hydrogen) atoms. The van der Waals surface area contributed by atoms with E-state index in [1.165, 1.54) is 6.20 Å². The molecule has 98 valence electrons. The number of hydrogen-bond donors (Lipinski definition) is 3. The smallest absolute Gasteiger partial charge is 0.356 e. The Morgan fingerprint density at radius 1 is 1.44 bits per heavy atom. The zero-order valence-corrected chi connectivity index (χ0v) is 10.2. The standard InChI is InChI=1S/C13H18N2O3/c16-8-9-4-1-2-5-10(9)15-11-6-3-7-14-12(11)13(17)18/h3,6-7,9-10,15-16H,1-2,4-5,8H2,(H,17,18). The minimum absolute atomic E-state index is 0.0414. The summed E-state index contributed by atoms with van der Waals surface area (Å²) < 4.78 is 0. The number of aromatic nitrogens is 1. The van der Waals surface area contributed by atoms with Crippen LogP contribution in [-0.4, -0.2) is 33.8 Å². The van der Waals surface area contributed by atoms with Crippen LogP contribution in [0.25, 0.3) is 0 Å². The first-order valence-electron chi connectivity index (χ1n) is 6.28. The van der Waals surface area contributed by atoms with Crippen molar-refractivity contribution in [2.45, 2.75) is 31.7 Å². The number of carbonyl (C=O) groups is 1. The van der Waals surface area contributed by atoms with Crippen LogP contribution in [0.2, 0.25) is 0 Å². The molecule has 0 spiro atoms. The Morgan fingerprint density at radius 2 is 2.22 bits per heavy atom. The molecule has 1 fully saturated rings. The van der Waals surface area contributed by atoms with Crippen molar-refractivity contribution in [2.24, 2.45) is 5.92 Å². The number of pyridine rings is 1. The molecule has 2 rings (SSSR count). The number of aromatic carboxylic acids is 1. The minimum atomic E-state index is -1.03. The lowest BCUT2D eigenvalue weighted by Crippen LogP contribution is -2.34. The maximum Gasteiger partial charge on any atom is 0.356 e. The Bertz CT molecular complexity index is 422. The lowest BCUT2D eigenvalue weighted by atomic mass is 9.85. The highest BCUT2D eigenvalue weighted by Gasteiger charge is 2.25. The van der Waals surface area contributed by atoms with E-state index in [1.54, 1.807) is 12.1 Å². The van der Waals surface area contributed by atoms with Gasteiger partial charge < -0.3 is 15.5 Å². The van der Waals surface area contributed by atoms with Crippen molar-refractivity contribution in [2.75, 3.05) is 11.9 Å². The van der Waals surface area contributed by atoms with Gasteiger partial charge in [-0.25, -0.2) is 9.78 Å². The number of aliphatic hydroxyl groups excluding tert-OH is 1. The van der Waals surface area contributed by atoms with Crippen molar-refractivity contribution in [1.82, 2.24) is 4.98 Å². The van der Waals surface area contributed by atoms with Crippen LogP contribution in [0.1, 0.15) is 36.2 Å². The number of nitrogens with one attached hydrogen (secondary N) is 1. The minimum Gasteiger partial charge on any atom is -0.476 e. The summed E-state index contributed by atoms with van der Waals surface area (Å²) in [4.78, 5) is 14.9. The fraction of sp³-hybridized carbons (Fsp3) is 0.538. The molecule has 3 N–H and O–H groups in total. The molecule has 2 atom stereocenters. The molecule has 1 aliphatic carbocycles. The second-order valence-corrected chi connectivity index (χ2v) is 4.68. The van der Waals surface area contributed by atoms with Gasteiger partial charge >= 0.3 is 5.97 Å². The van der Waals surface area contributed by atoms with Gasteiger partial charge in [0.1, 0.15) is 0 Å². The highest BCUT2D eigenvalue weighted by atomic mass is 16.4. The summed E-state index contributed by atoms with van der Waals surface area (Å²) in [6, 6.07) is 3.57. The van der Waals surface area contributed by atoms with E-state index in [-0.39, 0.29) is 24.3 Å². The quantitative estimate of drug-likeness (QED) is 0.758. The van der Waals surface area contributed by atoms with E-state index in [0.29, 0.717) is 5.69 Å². The van der Waals surface area contributed by atoms with Crippen molar-refractivity contribution >= 4 is 11.7 Å². The Morgan fingerprint density at radius 3 is 2.94 bits per heavy atom. The highest BCUT2D eigenvalue weighted by Crippen LogP contribution is 2.27. The molecule has 0 saturated heterocycles. The maximum atomic E-state index is 11.1. The predicted octanol–water partition coefficient (Wildman–Crippen LogP) is 1.74. The van der Waals surface area contributed by atoms with Crippen LogP contribution in [0.15, 0.2) is 18.3 Å². The average molecular weight is 250 g/mol. The monoisotopic (exact) mass is 250 g/mol. The number of rotatable bonds is 4. The molecule has 1 heterocycles. The molecule has 1 aromatic heterocycles. The molecule has 5 nitrogen and oxygen atoms in total. The molecule has 5 heteroatoms. The Kier molecular flexibility index (Phi) is 4.15. The zero-order valence-electron chi connectivity index (χ0n) is 10.2. The third-order valence-corrected chi connectivity index (χ3v) is 3.49. The first-order chi connectivity index (χ1) is 8.72. The summed E-state index contributed by atoms with van der Waals surface area (Å²) in [6.45, 7) is 0.139. The number of carboxylic acids is 1. The van der Waals surface area contributed by atoms with Crippen LogP contribution in [0.4, 0.5) is 5.69 Å². The van der Waals surface area contributed by atoms with Gasteiger partial charge in [0.05, 0.1) is 5.69 Å². The zero-order chi connectivity index (χ0) is 13.0. The van der Waals surface area contributed by atoms with E-state index >= 15 is 0 Å². The average Bonchev–Trinajstić information content (AvgIpc) is 2.40. The van der Waals surface area contributed by atoms with Gasteiger partial charge in [-0.3, -0.25) is 0 Å². The first kappa shape index (κ1) is 12.8. The highest BCUT2D eigenvalue weighted by molar-refractivity contribution is 5.91. The van der Waals surface area contributed by atoms with Gasteiger partial charge in [-0.1, -0.05) is 12.8 Å². The summed E-state index contributed by atoms with van der Waals surface area (Å²) in [5.41, 5.74) is 0.579. The maximum absolute atomic E-state index is 11.1. The summed E-state index contributed by atoms with van der Waals surface area (Å²) in [5.74, 6) is -0.838. The predicted molar refractivity (Wildman–Crippen MR) is 67.7 cm³/mol. The second kappa shape index (κ2) is 5.82. The van der Waals surface area contributed by atoms with E-state index in [0.717, 1.165) is 25.7 Å². The van der Waals surface area contributed by atoms with Gasteiger partial charge in [0.15, 0.2) is 5.69 Å². The molecule has 1 aromatic rings. The molecule has 1 saturated carbocycles. The Hall–Kier alpha value is -1.62. The third-order valence-electron chi connectivity index (χ3n) is 3.49. The van der Waals surface area contributed by atoms with Crippen molar-refractivity contribution in [1.29, 1.82) is 0 Å². The Balaban J connectivity index is 2.15. The van der Waals surface area contributed by atoms with Crippen LogP contribution in [0.3, 0.4) is 0 Å². The molecule has 2 unspecified atom stereocenters. The number of hydrogen-bond acceptors (Lipinski definition) is 4. The van der Waals surface area contributed by atoms with Crippen molar-refractivity contribution in [3.8, 4) is 0 Å². The van der Waals surface area contributed by atoms with Crippen LogP contribution < -0.4 is 5.32 Å². The summed E-state index contributed by atoms with van der Waals surface area (Å²) in [7, 11) is 0. The summed E-state index contributed by atoms with van der Waals surface area (Å²) >= 11 is 0. The topological polar surface area (TPSA) is 82.5 Å². The lowest BCUT2D eigenvalue weighted by Gasteiger charge is -2.31. The molecular weight excluding hydrogens is 232 g/mol. The van der Waals surface area contributed by atoms with Gasteiger partial charge in [0.2, 0.25) is 0 Å². The molecule has 1 aliphatic rings. The lowest BCUT2D eigenvalue weighted by molar-refractivity contribution is 0.0691. The molecule has 0 aliphatic heterocycles. The van der Waals surface area contributed by atoms with Crippen LogP contribution in [0, 0.1) is 5.92 Å². The van der Waals surface area contributed by atoms with E-state index < -0.39 is 5.97 Å². The number of aliphatic hydroxyl groups is 1. The van der Waals surface area contributed by atoms with Crippen molar-refractivity contribution in [3.05, 3.63) is 24.0 Å². The summed E-state index contributed by atoms with van der Waals surface area (Å²) in [6.07, 6.45) is 5.65. The van der Waals surface area contributed by atoms with Crippen LogP contribution >= 0.6 is 0 Å². The normalized spacial score (nSPS) is 23.6. The van der Waals surface area contributed by atoms with E-state index in [2.05, 4.69) is 10.3 Å². The van der Waals surface area contributed by atoms with Gasteiger partial charge in [-0.2, -0.15) is 0 Å². The largest absolute Gasteiger partial charge is 0.476 e. The van der Waals surface area contributed by atoms with Crippen LogP contribution in [-0.2, 0) is 0 Å². The van der Waals surface area contributed by atoms with Gasteiger partial charge in [-0.15, -0.1) is 0 Å². The molecule has 0 radical (unpaired) electrons. The second-order valence-electron chi connectivity index (χ2n) is 4.68. The fourth-order valence-electron chi connectivity index (χ4n) is 2.51. The van der Waals surface area contributed by atoms with E-state index in [1.807, 2.05) is 0 Å². The van der Waals surface area contributed by atoms with Gasteiger partial charge in [0.25, 0.3) is 0 Å². The number of anilines is 1. The molecule has 0 amide bonds. The van der Waals surface area contributed by atoms with E-state index in [9.17, 15) is 9.90 Å². The third kappa shape index (κ3) is 2.79. The number of carboxylic acid groups (broad SMARTS) is 1. The van der Waals surface area contributed by atoms with Crippen molar-refractivity contribution < 1.29 is 15.0 Å². The van der Waals surface area contributed by atoms with Crippen molar-refractivity contribution in [3.63, 3.8) is 0 Å². The SMILES string of the molecule is O=C(O)c1ncccc1NC1CCCCC1CO. The van der Waals surface area contributed by atoms with E-state index in [4.69, 9.17) is 5.11 Å². The number of nitrogens with zero attached hydrogens (tertiary/aromatic N) is 1. The molecule has 0 aromatic carbocycles. The fourth-order valence-corrected chi connectivity index (χ4v) is 2.51. The van der Waals surface area contributed by atoms with Gasteiger partial charge in [-0.05, 0) is 25.0 Å². The Labute approximate surface area is 106 Å². The van der Waals surface area contributed by atoms with Crippen LogP contribution in [0.5, 0.6) is 0 Å².